The fourth-order valence-corrected chi connectivity index (χ4v) is 2.28. The first-order chi connectivity index (χ1) is 9.92. The Morgan fingerprint density at radius 1 is 1.38 bits per heavy atom. The molecule has 0 unspecified atom stereocenters. The minimum absolute atomic E-state index is 0.128. The smallest absolute Gasteiger partial charge is 0.256 e. The summed E-state index contributed by atoms with van der Waals surface area (Å²) in [5.41, 5.74) is 6.15. The van der Waals surface area contributed by atoms with Crippen molar-refractivity contribution in [2.45, 2.75) is 0 Å². The van der Waals surface area contributed by atoms with E-state index in [-0.39, 0.29) is 21.3 Å². The van der Waals surface area contributed by atoms with Crippen LogP contribution in [-0.2, 0) is 0 Å². The Balaban J connectivity index is 2.31. The molecular weight excluding hydrogens is 361 g/mol. The minimum Gasteiger partial charge on any atom is -0.396 e. The summed E-state index contributed by atoms with van der Waals surface area (Å²) < 4.78 is 13.5. The van der Waals surface area contributed by atoms with Gasteiger partial charge in [-0.05, 0) is 46.3 Å². The summed E-state index contributed by atoms with van der Waals surface area (Å²) >= 11 is 8.92. The number of halogens is 3. The molecule has 0 fully saturated rings. The predicted octanol–water partition coefficient (Wildman–Crippen LogP) is 3.95. The molecule has 0 aromatic heterocycles. The first-order valence-electron chi connectivity index (χ1n) is 5.68. The number of rotatable bonds is 2. The van der Waals surface area contributed by atoms with Crippen molar-refractivity contribution in [1.29, 1.82) is 5.26 Å². The maximum atomic E-state index is 13.3. The highest BCUT2D eigenvalue weighted by molar-refractivity contribution is 9.10. The number of carbonyl (C=O) groups excluding carboxylic acids is 1. The SMILES string of the molecule is N#Cc1cc(NC(=O)c2cc(N)c(F)cc2Br)ccc1Cl. The van der Waals surface area contributed by atoms with E-state index in [4.69, 9.17) is 22.6 Å². The summed E-state index contributed by atoms with van der Waals surface area (Å²) in [5, 5.41) is 11.8. The molecule has 0 saturated heterocycles. The van der Waals surface area contributed by atoms with Gasteiger partial charge in [0.05, 0.1) is 21.8 Å². The molecule has 0 saturated carbocycles. The monoisotopic (exact) mass is 367 g/mol. The zero-order chi connectivity index (χ0) is 15.6. The summed E-state index contributed by atoms with van der Waals surface area (Å²) in [5.74, 6) is -1.10. The summed E-state index contributed by atoms with van der Waals surface area (Å²) in [4.78, 5) is 12.1. The lowest BCUT2D eigenvalue weighted by atomic mass is 10.1. The number of amides is 1. The van der Waals surface area contributed by atoms with Crippen LogP contribution in [0.25, 0.3) is 0 Å². The molecule has 2 aromatic carbocycles. The van der Waals surface area contributed by atoms with Crippen molar-refractivity contribution in [3.05, 3.63) is 56.8 Å². The van der Waals surface area contributed by atoms with Gasteiger partial charge in [-0.1, -0.05) is 11.6 Å². The predicted molar refractivity (Wildman–Crippen MR) is 82.6 cm³/mol. The van der Waals surface area contributed by atoms with Crippen molar-refractivity contribution in [3.63, 3.8) is 0 Å². The standard InChI is InChI=1S/C14H8BrClFN3O/c15-10-5-12(17)13(19)4-9(10)14(21)20-8-1-2-11(16)7(3-8)6-18/h1-5H,19H2,(H,20,21). The van der Waals surface area contributed by atoms with E-state index >= 15 is 0 Å². The quantitative estimate of drug-likeness (QED) is 0.788. The number of nitrogens with zero attached hydrogens (tertiary/aromatic N) is 1. The average Bonchev–Trinajstić information content (AvgIpc) is 2.44. The molecule has 0 spiro atoms. The summed E-state index contributed by atoms with van der Waals surface area (Å²) in [6, 6.07) is 8.77. The van der Waals surface area contributed by atoms with Crippen molar-refractivity contribution in [3.8, 4) is 6.07 Å². The molecule has 3 N–H and O–H groups in total. The normalized spacial score (nSPS) is 10.0. The van der Waals surface area contributed by atoms with Gasteiger partial charge in [-0.3, -0.25) is 4.79 Å². The molecule has 0 aliphatic heterocycles. The van der Waals surface area contributed by atoms with Crippen LogP contribution in [0, 0.1) is 17.1 Å². The van der Waals surface area contributed by atoms with E-state index in [1.807, 2.05) is 6.07 Å². The number of anilines is 2. The number of nitrogen functional groups attached to an aromatic ring is 1. The number of nitrogens with one attached hydrogen (secondary N) is 1. The van der Waals surface area contributed by atoms with Gasteiger partial charge in [0.1, 0.15) is 11.9 Å². The van der Waals surface area contributed by atoms with Gasteiger partial charge in [-0.15, -0.1) is 0 Å². The largest absolute Gasteiger partial charge is 0.396 e. The Labute approximate surface area is 133 Å². The lowest BCUT2D eigenvalue weighted by Gasteiger charge is -2.09. The number of nitriles is 1. The second-order valence-corrected chi connectivity index (χ2v) is 5.38. The van der Waals surface area contributed by atoms with E-state index in [0.717, 1.165) is 6.07 Å². The zero-order valence-electron chi connectivity index (χ0n) is 10.5. The highest BCUT2D eigenvalue weighted by Crippen LogP contribution is 2.25. The van der Waals surface area contributed by atoms with Gasteiger partial charge in [-0.2, -0.15) is 5.26 Å². The van der Waals surface area contributed by atoms with E-state index in [2.05, 4.69) is 21.2 Å². The van der Waals surface area contributed by atoms with Gasteiger partial charge in [0.15, 0.2) is 0 Å². The van der Waals surface area contributed by atoms with Crippen molar-refractivity contribution in [2.75, 3.05) is 11.1 Å². The summed E-state index contributed by atoms with van der Waals surface area (Å²) in [6.45, 7) is 0. The van der Waals surface area contributed by atoms with Crippen LogP contribution in [0.4, 0.5) is 15.8 Å². The number of carbonyl (C=O) groups is 1. The van der Waals surface area contributed by atoms with Crippen LogP contribution in [0.1, 0.15) is 15.9 Å². The van der Waals surface area contributed by atoms with Crippen LogP contribution >= 0.6 is 27.5 Å². The van der Waals surface area contributed by atoms with Gasteiger partial charge >= 0.3 is 0 Å². The number of benzene rings is 2. The second-order valence-electron chi connectivity index (χ2n) is 4.11. The molecule has 21 heavy (non-hydrogen) atoms. The topological polar surface area (TPSA) is 78.9 Å². The van der Waals surface area contributed by atoms with Crippen LogP contribution in [0.5, 0.6) is 0 Å². The third-order valence-corrected chi connectivity index (χ3v) is 3.66. The van der Waals surface area contributed by atoms with Crippen LogP contribution in [0.2, 0.25) is 5.02 Å². The number of hydrogen-bond donors (Lipinski definition) is 2. The van der Waals surface area contributed by atoms with E-state index in [0.29, 0.717) is 10.7 Å². The molecule has 106 valence electrons. The van der Waals surface area contributed by atoms with E-state index in [9.17, 15) is 9.18 Å². The average molecular weight is 369 g/mol. The highest BCUT2D eigenvalue weighted by atomic mass is 79.9. The van der Waals surface area contributed by atoms with Crippen molar-refractivity contribution in [1.82, 2.24) is 0 Å². The van der Waals surface area contributed by atoms with Crippen molar-refractivity contribution in [2.24, 2.45) is 0 Å². The lowest BCUT2D eigenvalue weighted by molar-refractivity contribution is 0.102. The van der Waals surface area contributed by atoms with E-state index in [1.54, 1.807) is 6.07 Å². The van der Waals surface area contributed by atoms with Gasteiger partial charge in [-0.25, -0.2) is 4.39 Å². The molecular formula is C14H8BrClFN3O. The molecule has 0 heterocycles. The number of hydrogen-bond acceptors (Lipinski definition) is 3. The van der Waals surface area contributed by atoms with Crippen LogP contribution < -0.4 is 11.1 Å². The van der Waals surface area contributed by atoms with Crippen molar-refractivity contribution < 1.29 is 9.18 Å². The molecule has 2 rings (SSSR count). The van der Waals surface area contributed by atoms with Crippen LogP contribution in [0.3, 0.4) is 0 Å². The highest BCUT2D eigenvalue weighted by Gasteiger charge is 2.14. The first-order valence-corrected chi connectivity index (χ1v) is 6.85. The van der Waals surface area contributed by atoms with Gasteiger partial charge in [0, 0.05) is 10.2 Å². The second kappa shape index (κ2) is 6.12. The Bertz CT molecular complexity index is 774. The maximum absolute atomic E-state index is 13.3. The fraction of sp³-hybridized carbons (Fsp3) is 0. The molecule has 1 amide bonds. The number of nitrogens with two attached hydrogens (primary N) is 1. The third-order valence-electron chi connectivity index (χ3n) is 2.68. The van der Waals surface area contributed by atoms with Gasteiger partial charge < -0.3 is 11.1 Å². The van der Waals surface area contributed by atoms with Gasteiger partial charge in [0.2, 0.25) is 0 Å². The van der Waals surface area contributed by atoms with Crippen LogP contribution in [-0.4, -0.2) is 5.91 Å². The molecule has 7 heteroatoms. The maximum Gasteiger partial charge on any atom is 0.256 e. The molecule has 4 nitrogen and oxygen atoms in total. The molecule has 0 aliphatic rings. The Morgan fingerprint density at radius 3 is 2.76 bits per heavy atom. The molecule has 0 bridgehead atoms. The first kappa shape index (κ1) is 15.3. The van der Waals surface area contributed by atoms with Crippen LogP contribution in [0.15, 0.2) is 34.8 Å². The molecule has 0 atom stereocenters. The van der Waals surface area contributed by atoms with Gasteiger partial charge in [0.25, 0.3) is 5.91 Å². The Hall–Kier alpha value is -2.10. The fourth-order valence-electron chi connectivity index (χ4n) is 1.63. The third kappa shape index (κ3) is 3.32. The molecule has 0 aliphatic carbocycles. The molecule has 2 aromatic rings. The van der Waals surface area contributed by atoms with E-state index in [1.165, 1.54) is 18.2 Å². The summed E-state index contributed by atoms with van der Waals surface area (Å²) in [6.07, 6.45) is 0. The zero-order valence-corrected chi connectivity index (χ0v) is 12.8. The van der Waals surface area contributed by atoms with Crippen molar-refractivity contribution >= 4 is 44.8 Å². The van der Waals surface area contributed by atoms with E-state index < -0.39 is 11.7 Å². The minimum atomic E-state index is -0.614. The summed E-state index contributed by atoms with van der Waals surface area (Å²) in [7, 11) is 0. The Kier molecular flexibility index (Phi) is 4.46. The lowest BCUT2D eigenvalue weighted by Crippen LogP contribution is -2.13. The molecule has 0 radical (unpaired) electrons. The Morgan fingerprint density at radius 2 is 2.10 bits per heavy atom.